The van der Waals surface area contributed by atoms with Crippen LogP contribution in [0.4, 0.5) is 5.69 Å². The molecule has 1 atom stereocenters. The number of aryl methyl sites for hydroxylation is 1. The van der Waals surface area contributed by atoms with Gasteiger partial charge in [-0.3, -0.25) is 4.79 Å². The Balaban J connectivity index is 2.58. The number of carboxylic acids is 1. The van der Waals surface area contributed by atoms with E-state index in [1.54, 1.807) is 26.8 Å². The number of sulfonamides is 1. The van der Waals surface area contributed by atoms with Gasteiger partial charge < -0.3 is 15.2 Å². The SMILES string of the molecule is CCC(C)NS(=O)(=O)c1cc(NC(=O)C(CC)CC)ccc1Oc1c(C)c(C(=O)O)nn1CC. The Bertz CT molecular complexity index is 1140. The number of benzene rings is 1. The van der Waals surface area contributed by atoms with Crippen molar-refractivity contribution < 1.29 is 27.9 Å². The third-order valence-electron chi connectivity index (χ3n) is 5.67. The van der Waals surface area contributed by atoms with Crippen molar-refractivity contribution >= 4 is 27.6 Å². The molecule has 1 heterocycles. The minimum atomic E-state index is -4.03. The van der Waals surface area contributed by atoms with Gasteiger partial charge in [-0.25, -0.2) is 22.6 Å². The largest absolute Gasteiger partial charge is 0.476 e. The molecule has 188 valence electrons. The van der Waals surface area contributed by atoms with Crippen molar-refractivity contribution in [3.8, 4) is 11.6 Å². The van der Waals surface area contributed by atoms with Crippen LogP contribution in [0.25, 0.3) is 0 Å². The highest BCUT2D eigenvalue weighted by molar-refractivity contribution is 7.89. The van der Waals surface area contributed by atoms with E-state index in [4.69, 9.17) is 4.74 Å². The van der Waals surface area contributed by atoms with Gasteiger partial charge in [-0.2, -0.15) is 5.10 Å². The number of hydrogen-bond donors (Lipinski definition) is 3. The van der Waals surface area contributed by atoms with Gasteiger partial charge in [-0.05, 0) is 58.2 Å². The fraction of sp³-hybridized carbons (Fsp3) is 0.522. The summed E-state index contributed by atoms with van der Waals surface area (Å²) in [4.78, 5) is 23.9. The van der Waals surface area contributed by atoms with E-state index < -0.39 is 16.0 Å². The number of aromatic carboxylic acids is 1. The molecule has 0 spiro atoms. The monoisotopic (exact) mass is 494 g/mol. The number of rotatable bonds is 12. The zero-order valence-electron chi connectivity index (χ0n) is 20.5. The lowest BCUT2D eigenvalue weighted by Gasteiger charge is -2.18. The fourth-order valence-electron chi connectivity index (χ4n) is 3.38. The van der Waals surface area contributed by atoms with Gasteiger partial charge in [0.05, 0.1) is 0 Å². The average molecular weight is 495 g/mol. The zero-order valence-corrected chi connectivity index (χ0v) is 21.3. The summed E-state index contributed by atoms with van der Waals surface area (Å²) < 4.78 is 36.4. The smallest absolute Gasteiger partial charge is 0.356 e. The number of hydrogen-bond acceptors (Lipinski definition) is 6. The standard InChI is InChI=1S/C23H34N4O6S/c1-7-14(5)26-34(31,32)19-13-17(24-21(28)16(8-2)9-3)11-12-18(19)33-22-15(6)20(23(29)30)25-27(22)10-4/h11-14,16,26H,7-10H2,1-6H3,(H,24,28)(H,29,30). The summed E-state index contributed by atoms with van der Waals surface area (Å²) in [6.45, 7) is 11.1. The number of ether oxygens (including phenoxy) is 1. The first-order valence-electron chi connectivity index (χ1n) is 11.4. The van der Waals surface area contributed by atoms with Crippen LogP contribution in [0.3, 0.4) is 0 Å². The summed E-state index contributed by atoms with van der Waals surface area (Å²) in [5.41, 5.74) is 0.424. The Morgan fingerprint density at radius 2 is 1.79 bits per heavy atom. The highest BCUT2D eigenvalue weighted by Crippen LogP contribution is 2.34. The number of carboxylic acid groups (broad SMARTS) is 1. The lowest BCUT2D eigenvalue weighted by molar-refractivity contribution is -0.120. The molecule has 34 heavy (non-hydrogen) atoms. The second-order valence-electron chi connectivity index (χ2n) is 8.10. The predicted molar refractivity (Wildman–Crippen MR) is 129 cm³/mol. The average Bonchev–Trinajstić information content (AvgIpc) is 3.10. The predicted octanol–water partition coefficient (Wildman–Crippen LogP) is 4.15. The van der Waals surface area contributed by atoms with Crippen LogP contribution in [0.5, 0.6) is 11.6 Å². The van der Waals surface area contributed by atoms with Crippen molar-refractivity contribution in [3.05, 3.63) is 29.5 Å². The Morgan fingerprint density at radius 3 is 2.32 bits per heavy atom. The maximum absolute atomic E-state index is 13.2. The number of aromatic nitrogens is 2. The molecule has 10 nitrogen and oxygen atoms in total. The van der Waals surface area contributed by atoms with E-state index >= 15 is 0 Å². The zero-order chi connectivity index (χ0) is 25.6. The Hall–Kier alpha value is -2.92. The van der Waals surface area contributed by atoms with E-state index in [9.17, 15) is 23.1 Å². The van der Waals surface area contributed by atoms with Crippen molar-refractivity contribution in [1.29, 1.82) is 0 Å². The summed E-state index contributed by atoms with van der Waals surface area (Å²) in [5.74, 6) is -1.46. The molecule has 1 unspecified atom stereocenters. The molecule has 1 amide bonds. The molecule has 0 bridgehead atoms. The third kappa shape index (κ3) is 6.15. The van der Waals surface area contributed by atoms with Gasteiger partial charge in [-0.1, -0.05) is 20.8 Å². The molecule has 0 fully saturated rings. The molecule has 3 N–H and O–H groups in total. The third-order valence-corrected chi connectivity index (χ3v) is 7.28. The van der Waals surface area contributed by atoms with E-state index in [-0.39, 0.29) is 45.6 Å². The lowest BCUT2D eigenvalue weighted by Crippen LogP contribution is -2.32. The Kier molecular flexibility index (Phi) is 9.22. The van der Waals surface area contributed by atoms with E-state index in [0.717, 1.165) is 0 Å². The molecular formula is C23H34N4O6S. The van der Waals surface area contributed by atoms with Crippen LogP contribution in [0.1, 0.15) is 69.9 Å². The summed E-state index contributed by atoms with van der Waals surface area (Å²) in [7, 11) is -4.03. The maximum atomic E-state index is 13.2. The van der Waals surface area contributed by atoms with Gasteiger partial charge in [-0.15, -0.1) is 0 Å². The van der Waals surface area contributed by atoms with E-state index in [2.05, 4.69) is 15.1 Å². The molecule has 0 aliphatic carbocycles. The van der Waals surface area contributed by atoms with Crippen molar-refractivity contribution in [2.24, 2.45) is 5.92 Å². The van der Waals surface area contributed by atoms with Gasteiger partial charge in [0, 0.05) is 29.8 Å². The minimum Gasteiger partial charge on any atom is -0.476 e. The molecule has 0 saturated carbocycles. The number of nitrogens with one attached hydrogen (secondary N) is 2. The van der Waals surface area contributed by atoms with E-state index in [1.807, 2.05) is 20.8 Å². The molecule has 1 aromatic heterocycles. The molecule has 11 heteroatoms. The molecule has 1 aromatic carbocycles. The number of nitrogens with zero attached hydrogens (tertiary/aromatic N) is 2. The summed E-state index contributed by atoms with van der Waals surface area (Å²) >= 11 is 0. The number of carbonyl (C=O) groups excluding carboxylic acids is 1. The quantitative estimate of drug-likeness (QED) is 0.403. The second-order valence-corrected chi connectivity index (χ2v) is 9.78. The first kappa shape index (κ1) is 27.3. The second kappa shape index (κ2) is 11.5. The van der Waals surface area contributed by atoms with Gasteiger partial charge in [0.25, 0.3) is 0 Å². The molecule has 0 aliphatic heterocycles. The van der Waals surface area contributed by atoms with Gasteiger partial charge in [0.1, 0.15) is 10.6 Å². The molecule has 0 aliphatic rings. The lowest BCUT2D eigenvalue weighted by atomic mass is 10.0. The Morgan fingerprint density at radius 1 is 1.15 bits per heavy atom. The summed E-state index contributed by atoms with van der Waals surface area (Å²) in [6, 6.07) is 4.01. The van der Waals surface area contributed by atoms with Crippen molar-refractivity contribution in [2.45, 2.75) is 78.3 Å². The number of carbonyl (C=O) groups is 2. The normalized spacial score (nSPS) is 12.6. The Labute approximate surface area is 200 Å². The summed E-state index contributed by atoms with van der Waals surface area (Å²) in [5, 5.41) is 16.2. The maximum Gasteiger partial charge on any atom is 0.356 e. The topological polar surface area (TPSA) is 140 Å². The van der Waals surface area contributed by atoms with Crippen molar-refractivity contribution in [3.63, 3.8) is 0 Å². The van der Waals surface area contributed by atoms with Gasteiger partial charge in [0.2, 0.25) is 21.8 Å². The first-order chi connectivity index (χ1) is 16.0. The number of amides is 1. The van der Waals surface area contributed by atoms with Crippen LogP contribution in [-0.2, 0) is 21.4 Å². The molecule has 2 aromatic rings. The van der Waals surface area contributed by atoms with Crippen LogP contribution in [0, 0.1) is 12.8 Å². The molecular weight excluding hydrogens is 460 g/mol. The van der Waals surface area contributed by atoms with E-state index in [1.165, 1.54) is 16.8 Å². The highest BCUT2D eigenvalue weighted by Gasteiger charge is 2.26. The number of anilines is 1. The fourth-order valence-corrected chi connectivity index (χ4v) is 4.86. The molecule has 2 rings (SSSR count). The van der Waals surface area contributed by atoms with Crippen LogP contribution in [-0.4, -0.2) is 41.2 Å². The van der Waals surface area contributed by atoms with Crippen LogP contribution >= 0.6 is 0 Å². The van der Waals surface area contributed by atoms with Crippen LogP contribution < -0.4 is 14.8 Å². The minimum absolute atomic E-state index is 0.00836. The van der Waals surface area contributed by atoms with Gasteiger partial charge in [0.15, 0.2) is 5.69 Å². The van der Waals surface area contributed by atoms with Crippen molar-refractivity contribution in [2.75, 3.05) is 5.32 Å². The van der Waals surface area contributed by atoms with Gasteiger partial charge >= 0.3 is 5.97 Å². The molecule has 0 radical (unpaired) electrons. The van der Waals surface area contributed by atoms with Crippen LogP contribution in [0.2, 0.25) is 0 Å². The molecule has 0 saturated heterocycles. The first-order valence-corrected chi connectivity index (χ1v) is 12.9. The van der Waals surface area contributed by atoms with E-state index in [0.29, 0.717) is 31.5 Å². The van der Waals surface area contributed by atoms with Crippen molar-refractivity contribution in [1.82, 2.24) is 14.5 Å². The van der Waals surface area contributed by atoms with Crippen LogP contribution in [0.15, 0.2) is 23.1 Å². The summed E-state index contributed by atoms with van der Waals surface area (Å²) in [6.07, 6.45) is 1.90. The highest BCUT2D eigenvalue weighted by atomic mass is 32.2.